The molecule has 110 valence electrons. The summed E-state index contributed by atoms with van der Waals surface area (Å²) in [5, 5.41) is 0. The van der Waals surface area contributed by atoms with Crippen molar-refractivity contribution in [2.24, 2.45) is 0 Å². The summed E-state index contributed by atoms with van der Waals surface area (Å²) < 4.78 is 40.3. The second-order valence-corrected chi connectivity index (χ2v) is 9.39. The molecule has 2 nitrogen and oxygen atoms in total. The SMILES string of the molecule is FC(F)(F)c1ccc(N(PC2CC2)PC2CC2)nc1Br. The van der Waals surface area contributed by atoms with Crippen LogP contribution in [0, 0.1) is 0 Å². The second kappa shape index (κ2) is 5.70. The number of halogens is 4. The van der Waals surface area contributed by atoms with Gasteiger partial charge in [-0.25, -0.2) is 4.98 Å². The van der Waals surface area contributed by atoms with Crippen LogP contribution in [-0.4, -0.2) is 16.3 Å². The van der Waals surface area contributed by atoms with E-state index in [9.17, 15) is 13.2 Å². The van der Waals surface area contributed by atoms with Gasteiger partial charge in [0.05, 0.1) is 5.56 Å². The first-order valence-corrected chi connectivity index (χ1v) is 9.34. The van der Waals surface area contributed by atoms with E-state index in [1.165, 1.54) is 31.7 Å². The number of hydrogen-bond acceptors (Lipinski definition) is 2. The quantitative estimate of drug-likeness (QED) is 0.513. The predicted molar refractivity (Wildman–Crippen MR) is 82.1 cm³/mol. The molecule has 2 aliphatic rings. The van der Waals surface area contributed by atoms with E-state index >= 15 is 0 Å². The summed E-state index contributed by atoms with van der Waals surface area (Å²) in [6.07, 6.45) is 0.613. The minimum atomic E-state index is -4.35. The Labute approximate surface area is 127 Å². The summed E-state index contributed by atoms with van der Waals surface area (Å²) in [7, 11) is 1.32. The second-order valence-electron chi connectivity index (χ2n) is 5.15. The van der Waals surface area contributed by atoms with Crippen LogP contribution in [0.4, 0.5) is 19.0 Å². The maximum atomic E-state index is 12.7. The molecule has 2 saturated carbocycles. The number of aromatic nitrogens is 1. The Morgan fingerprint density at radius 2 is 1.65 bits per heavy atom. The maximum absolute atomic E-state index is 12.7. The Bertz CT molecular complexity index is 490. The van der Waals surface area contributed by atoms with Crippen LogP contribution in [0.3, 0.4) is 0 Å². The van der Waals surface area contributed by atoms with Crippen LogP contribution in [0.15, 0.2) is 16.7 Å². The lowest BCUT2D eigenvalue weighted by Crippen LogP contribution is -2.10. The molecule has 0 radical (unpaired) electrons. The van der Waals surface area contributed by atoms with Gasteiger partial charge in [-0.3, -0.25) is 0 Å². The largest absolute Gasteiger partial charge is 0.419 e. The van der Waals surface area contributed by atoms with Crippen molar-refractivity contribution < 1.29 is 13.2 Å². The molecule has 0 aromatic carbocycles. The van der Waals surface area contributed by atoms with E-state index in [1.54, 1.807) is 0 Å². The number of nitrogens with zero attached hydrogens (tertiary/aromatic N) is 2. The molecule has 0 amide bonds. The average Bonchev–Trinajstić information content (AvgIpc) is 3.21. The molecule has 0 bridgehead atoms. The lowest BCUT2D eigenvalue weighted by atomic mass is 10.3. The molecule has 2 atom stereocenters. The maximum Gasteiger partial charge on any atom is 0.419 e. The Morgan fingerprint density at radius 3 is 2.05 bits per heavy atom. The highest BCUT2D eigenvalue weighted by Gasteiger charge is 2.35. The van der Waals surface area contributed by atoms with E-state index in [0.29, 0.717) is 23.3 Å². The average molecular weight is 385 g/mol. The van der Waals surface area contributed by atoms with Gasteiger partial charge in [-0.05, 0) is 82.5 Å². The monoisotopic (exact) mass is 384 g/mol. The molecule has 1 heterocycles. The zero-order valence-electron chi connectivity index (χ0n) is 10.5. The first-order valence-electron chi connectivity index (χ1n) is 6.49. The minimum Gasteiger partial charge on any atom is -0.320 e. The Balaban J connectivity index is 1.80. The number of hydrogen-bond donors (Lipinski definition) is 0. The molecule has 0 N–H and O–H groups in total. The van der Waals surface area contributed by atoms with Crippen LogP contribution >= 0.6 is 33.4 Å². The summed E-state index contributed by atoms with van der Waals surface area (Å²) in [5.74, 6) is 0.681. The van der Waals surface area contributed by atoms with Crippen molar-refractivity contribution in [2.75, 3.05) is 4.44 Å². The van der Waals surface area contributed by atoms with Crippen LogP contribution in [0.5, 0.6) is 0 Å². The molecular formula is C12H14BrF3N2P2. The van der Waals surface area contributed by atoms with Crippen molar-refractivity contribution in [2.45, 2.75) is 43.2 Å². The minimum absolute atomic E-state index is 0.103. The Kier molecular flexibility index (Phi) is 4.27. The number of anilines is 1. The normalized spacial score (nSPS) is 20.4. The zero-order chi connectivity index (χ0) is 14.3. The zero-order valence-corrected chi connectivity index (χ0v) is 14.1. The standard InChI is InChI=1S/C12H14BrF3N2P2/c13-11-9(12(14,15)16)5-6-10(17-11)18(19-7-1-2-7)20-8-3-4-8/h5-8,19-20H,1-4H2. The lowest BCUT2D eigenvalue weighted by Gasteiger charge is -2.24. The number of rotatable bonds is 5. The van der Waals surface area contributed by atoms with E-state index < -0.39 is 11.7 Å². The molecular weight excluding hydrogens is 371 g/mol. The van der Waals surface area contributed by atoms with Gasteiger partial charge in [-0.2, -0.15) is 13.2 Å². The molecule has 0 aliphatic heterocycles. The molecule has 1 aromatic rings. The molecule has 3 rings (SSSR count). The highest BCUT2D eigenvalue weighted by atomic mass is 79.9. The fourth-order valence-electron chi connectivity index (χ4n) is 1.72. The summed E-state index contributed by atoms with van der Waals surface area (Å²) in [5.41, 5.74) is 0.749. The van der Waals surface area contributed by atoms with Crippen molar-refractivity contribution in [3.05, 3.63) is 22.3 Å². The van der Waals surface area contributed by atoms with Crippen molar-refractivity contribution in [1.29, 1.82) is 0 Å². The van der Waals surface area contributed by atoms with E-state index in [4.69, 9.17) is 0 Å². The summed E-state index contributed by atoms with van der Waals surface area (Å²) in [4.78, 5) is 4.14. The third-order valence-corrected chi connectivity index (χ3v) is 7.39. The molecule has 1 aromatic heterocycles. The van der Waals surface area contributed by atoms with Crippen molar-refractivity contribution in [3.8, 4) is 0 Å². The Morgan fingerprint density at radius 1 is 1.10 bits per heavy atom. The van der Waals surface area contributed by atoms with Gasteiger partial charge in [-0.1, -0.05) is 0 Å². The molecule has 0 saturated heterocycles. The molecule has 2 fully saturated rings. The topological polar surface area (TPSA) is 16.1 Å². The summed E-state index contributed by atoms with van der Waals surface area (Å²) in [6, 6.07) is 2.65. The highest BCUT2D eigenvalue weighted by molar-refractivity contribution is 9.10. The van der Waals surface area contributed by atoms with E-state index in [0.717, 1.165) is 17.4 Å². The molecule has 20 heavy (non-hydrogen) atoms. The highest BCUT2D eigenvalue weighted by Crippen LogP contribution is 2.54. The van der Waals surface area contributed by atoms with Crippen LogP contribution in [0.25, 0.3) is 0 Å². The molecule has 8 heteroatoms. The van der Waals surface area contributed by atoms with Gasteiger partial charge in [-0.15, -0.1) is 0 Å². The van der Waals surface area contributed by atoms with Crippen molar-refractivity contribution >= 4 is 39.2 Å². The fourth-order valence-corrected chi connectivity index (χ4v) is 5.75. The first kappa shape index (κ1) is 15.0. The molecule has 0 spiro atoms. The summed E-state index contributed by atoms with van der Waals surface area (Å²) >= 11 is 2.96. The fraction of sp³-hybridized carbons (Fsp3) is 0.583. The van der Waals surface area contributed by atoms with E-state index in [1.807, 2.05) is 0 Å². The number of pyridine rings is 1. The van der Waals surface area contributed by atoms with Gasteiger partial charge in [0.15, 0.2) is 0 Å². The third-order valence-electron chi connectivity index (χ3n) is 3.15. The van der Waals surface area contributed by atoms with Crippen molar-refractivity contribution in [1.82, 2.24) is 4.98 Å². The molecule has 2 aliphatic carbocycles. The van der Waals surface area contributed by atoms with Gasteiger partial charge >= 0.3 is 6.18 Å². The number of alkyl halides is 3. The van der Waals surface area contributed by atoms with Gasteiger partial charge < -0.3 is 4.44 Å². The van der Waals surface area contributed by atoms with Crippen molar-refractivity contribution in [3.63, 3.8) is 0 Å². The van der Waals surface area contributed by atoms with E-state index in [-0.39, 0.29) is 4.60 Å². The summed E-state index contributed by atoms with van der Waals surface area (Å²) in [6.45, 7) is 0. The third kappa shape index (κ3) is 3.84. The van der Waals surface area contributed by atoms with Gasteiger partial charge in [0, 0.05) is 0 Å². The smallest absolute Gasteiger partial charge is 0.320 e. The van der Waals surface area contributed by atoms with Gasteiger partial charge in [0.1, 0.15) is 10.4 Å². The van der Waals surface area contributed by atoms with Gasteiger partial charge in [0.2, 0.25) is 0 Å². The van der Waals surface area contributed by atoms with Crippen LogP contribution < -0.4 is 4.44 Å². The van der Waals surface area contributed by atoms with Crippen LogP contribution in [0.1, 0.15) is 31.2 Å². The van der Waals surface area contributed by atoms with E-state index in [2.05, 4.69) is 25.4 Å². The predicted octanol–water partition coefficient (Wildman–Crippen LogP) is 5.18. The van der Waals surface area contributed by atoms with Crippen LogP contribution in [-0.2, 0) is 6.18 Å². The first-order chi connectivity index (χ1) is 9.43. The molecule has 2 unspecified atom stereocenters. The van der Waals surface area contributed by atoms with Crippen LogP contribution in [0.2, 0.25) is 0 Å². The lowest BCUT2D eigenvalue weighted by molar-refractivity contribution is -0.138. The Hall–Kier alpha value is 0.0800. The van der Waals surface area contributed by atoms with Gasteiger partial charge in [0.25, 0.3) is 0 Å².